The molecule has 1 heterocycles. The van der Waals surface area contributed by atoms with Gasteiger partial charge in [-0.25, -0.2) is 0 Å². The molecule has 0 N–H and O–H groups in total. The highest BCUT2D eigenvalue weighted by atomic mass is 32.2. The molecule has 1 atom stereocenters. The zero-order valence-electron chi connectivity index (χ0n) is 17.0. The number of nitrogens with zero attached hydrogens (tertiary/aromatic N) is 1. The van der Waals surface area contributed by atoms with Crippen LogP contribution in [-0.4, -0.2) is 30.0 Å². The molecule has 25 heavy (non-hydrogen) atoms. The van der Waals surface area contributed by atoms with Gasteiger partial charge in [-0.05, 0) is 18.8 Å². The van der Waals surface area contributed by atoms with E-state index in [0.29, 0.717) is 6.10 Å². The lowest BCUT2D eigenvalue weighted by Crippen LogP contribution is -2.26. The molecular weight excluding hydrogens is 326 g/mol. The summed E-state index contributed by atoms with van der Waals surface area (Å²) in [5.74, 6) is 1.09. The second-order valence-corrected chi connectivity index (χ2v) is 8.49. The second-order valence-electron chi connectivity index (χ2n) is 7.63. The molecule has 148 valence electrons. The number of unbranched alkanes of at least 4 members (excludes halogenated alkanes) is 13. The maximum absolute atomic E-state index is 5.93. The van der Waals surface area contributed by atoms with Gasteiger partial charge in [0.2, 0.25) is 0 Å². The summed E-state index contributed by atoms with van der Waals surface area (Å²) in [4.78, 5) is 2.33. The smallest absolute Gasteiger partial charge is 0.0721 e. The minimum atomic E-state index is 0.352. The van der Waals surface area contributed by atoms with Crippen molar-refractivity contribution in [3.8, 4) is 0 Å². The first-order valence-electron chi connectivity index (χ1n) is 11.0. The van der Waals surface area contributed by atoms with Crippen molar-refractivity contribution in [3.63, 3.8) is 0 Å². The molecule has 1 aliphatic rings. The largest absolute Gasteiger partial charge is 0.377 e. The molecule has 0 saturated heterocycles. The molecule has 1 unspecified atom stereocenters. The number of ether oxygens (including phenoxy) is 1. The zero-order valence-corrected chi connectivity index (χ0v) is 17.8. The third-order valence-electron chi connectivity index (χ3n) is 5.00. The van der Waals surface area contributed by atoms with Gasteiger partial charge in [-0.3, -0.25) is 0 Å². The molecule has 0 saturated carbocycles. The summed E-state index contributed by atoms with van der Waals surface area (Å²) in [5.41, 5.74) is 0. The number of rotatable bonds is 18. The van der Waals surface area contributed by atoms with Gasteiger partial charge in [0.05, 0.1) is 12.0 Å². The van der Waals surface area contributed by atoms with Gasteiger partial charge in [-0.1, -0.05) is 90.4 Å². The normalized spacial score (nSPS) is 15.2. The molecular formula is C22H43NOS. The van der Waals surface area contributed by atoms with E-state index in [1.54, 1.807) is 0 Å². The lowest BCUT2D eigenvalue weighted by atomic mass is 10.0. The van der Waals surface area contributed by atoms with Crippen LogP contribution in [0.3, 0.4) is 0 Å². The number of thioether (sulfide) groups is 1. The molecule has 2 nitrogen and oxygen atoms in total. The van der Waals surface area contributed by atoms with Crippen LogP contribution < -0.4 is 0 Å². The molecule has 0 amide bonds. The van der Waals surface area contributed by atoms with E-state index < -0.39 is 0 Å². The Morgan fingerprint density at radius 1 is 0.840 bits per heavy atom. The Kier molecular flexibility index (Phi) is 15.8. The average molecular weight is 370 g/mol. The summed E-state index contributed by atoms with van der Waals surface area (Å²) >= 11 is 1.86. The van der Waals surface area contributed by atoms with Gasteiger partial charge in [-0.2, -0.15) is 0 Å². The highest BCUT2D eigenvalue weighted by Crippen LogP contribution is 2.16. The fourth-order valence-corrected chi connectivity index (χ4v) is 4.12. The molecule has 0 aromatic rings. The van der Waals surface area contributed by atoms with Gasteiger partial charge in [-0.15, -0.1) is 11.8 Å². The van der Waals surface area contributed by atoms with Crippen LogP contribution in [0.25, 0.3) is 0 Å². The SMILES string of the molecule is CCCCCCCCCCCCCCCCOC(C)CN1C=CSC1. The van der Waals surface area contributed by atoms with Gasteiger partial charge >= 0.3 is 0 Å². The Hall–Kier alpha value is -0.150. The van der Waals surface area contributed by atoms with Crippen molar-refractivity contribution in [1.29, 1.82) is 0 Å². The van der Waals surface area contributed by atoms with Crippen LogP contribution in [0.15, 0.2) is 11.6 Å². The maximum atomic E-state index is 5.93. The summed E-state index contributed by atoms with van der Waals surface area (Å²) < 4.78 is 5.93. The molecule has 0 aromatic carbocycles. The van der Waals surface area contributed by atoms with E-state index in [-0.39, 0.29) is 0 Å². The first-order chi connectivity index (χ1) is 12.3. The van der Waals surface area contributed by atoms with Crippen LogP contribution in [0, 0.1) is 0 Å². The Balaban J connectivity index is 1.71. The fraction of sp³-hybridized carbons (Fsp3) is 0.909. The number of hydrogen-bond donors (Lipinski definition) is 0. The quantitative estimate of drug-likeness (QED) is 0.234. The van der Waals surface area contributed by atoms with E-state index in [0.717, 1.165) is 19.0 Å². The molecule has 0 radical (unpaired) electrons. The maximum Gasteiger partial charge on any atom is 0.0721 e. The average Bonchev–Trinajstić information content (AvgIpc) is 3.11. The summed E-state index contributed by atoms with van der Waals surface area (Å²) in [6.07, 6.45) is 22.3. The van der Waals surface area contributed by atoms with E-state index >= 15 is 0 Å². The highest BCUT2D eigenvalue weighted by molar-refractivity contribution is 8.02. The topological polar surface area (TPSA) is 12.5 Å². The van der Waals surface area contributed by atoms with Gasteiger partial charge in [0.1, 0.15) is 0 Å². The molecule has 0 fully saturated rings. The first kappa shape index (κ1) is 22.9. The van der Waals surface area contributed by atoms with Gasteiger partial charge < -0.3 is 9.64 Å². The number of hydrogen-bond acceptors (Lipinski definition) is 3. The molecule has 0 aromatic heterocycles. The second kappa shape index (κ2) is 17.3. The van der Waals surface area contributed by atoms with Crippen molar-refractivity contribution >= 4 is 11.8 Å². The Bertz CT molecular complexity index is 308. The van der Waals surface area contributed by atoms with Crippen molar-refractivity contribution in [2.75, 3.05) is 19.0 Å². The molecule has 3 heteroatoms. The molecule has 1 rings (SSSR count). The van der Waals surface area contributed by atoms with E-state index in [1.807, 2.05) is 11.8 Å². The molecule has 0 aliphatic carbocycles. The van der Waals surface area contributed by atoms with Crippen LogP contribution in [0.1, 0.15) is 104 Å². The summed E-state index contributed by atoms with van der Waals surface area (Å²) in [6.45, 7) is 6.45. The molecule has 1 aliphatic heterocycles. The first-order valence-corrected chi connectivity index (χ1v) is 12.0. The van der Waals surface area contributed by atoms with E-state index in [9.17, 15) is 0 Å². The van der Waals surface area contributed by atoms with Crippen LogP contribution >= 0.6 is 11.8 Å². The Morgan fingerprint density at radius 2 is 1.36 bits per heavy atom. The van der Waals surface area contributed by atoms with Crippen LogP contribution in [-0.2, 0) is 4.74 Å². The minimum Gasteiger partial charge on any atom is -0.377 e. The van der Waals surface area contributed by atoms with Crippen LogP contribution in [0.2, 0.25) is 0 Å². The molecule has 0 bridgehead atoms. The highest BCUT2D eigenvalue weighted by Gasteiger charge is 2.09. The minimum absolute atomic E-state index is 0.352. The third kappa shape index (κ3) is 14.7. The van der Waals surface area contributed by atoms with Crippen molar-refractivity contribution < 1.29 is 4.74 Å². The van der Waals surface area contributed by atoms with Gasteiger partial charge in [0, 0.05) is 19.4 Å². The Morgan fingerprint density at radius 3 is 1.84 bits per heavy atom. The summed E-state index contributed by atoms with van der Waals surface area (Å²) in [6, 6.07) is 0. The summed E-state index contributed by atoms with van der Waals surface area (Å²) in [7, 11) is 0. The predicted molar refractivity (Wildman–Crippen MR) is 114 cm³/mol. The lowest BCUT2D eigenvalue weighted by Gasteiger charge is -2.20. The van der Waals surface area contributed by atoms with Crippen LogP contribution in [0.5, 0.6) is 0 Å². The van der Waals surface area contributed by atoms with Crippen LogP contribution in [0.4, 0.5) is 0 Å². The third-order valence-corrected chi connectivity index (χ3v) is 5.80. The lowest BCUT2D eigenvalue weighted by molar-refractivity contribution is 0.0484. The standard InChI is InChI=1S/C22H43NOS/c1-3-4-5-6-7-8-9-10-11-12-13-14-15-16-18-24-22(2)20-23-17-19-25-21-23/h17,19,22H,3-16,18,20-21H2,1-2H3. The molecule has 0 spiro atoms. The van der Waals surface area contributed by atoms with E-state index in [2.05, 4.69) is 30.4 Å². The van der Waals surface area contributed by atoms with E-state index in [1.165, 1.54) is 89.9 Å². The van der Waals surface area contributed by atoms with Gasteiger partial charge in [0.25, 0.3) is 0 Å². The summed E-state index contributed by atoms with van der Waals surface area (Å²) in [5, 5.41) is 2.17. The monoisotopic (exact) mass is 369 g/mol. The van der Waals surface area contributed by atoms with Crippen molar-refractivity contribution in [1.82, 2.24) is 4.90 Å². The fourth-order valence-electron chi connectivity index (χ4n) is 3.39. The van der Waals surface area contributed by atoms with Crippen molar-refractivity contribution in [2.24, 2.45) is 0 Å². The predicted octanol–water partition coefficient (Wildman–Crippen LogP) is 7.35. The Labute approximate surface area is 162 Å². The zero-order chi connectivity index (χ0) is 18.0. The van der Waals surface area contributed by atoms with Crippen molar-refractivity contribution in [2.45, 2.75) is 110 Å². The van der Waals surface area contributed by atoms with Crippen molar-refractivity contribution in [3.05, 3.63) is 11.6 Å². The van der Waals surface area contributed by atoms with Gasteiger partial charge in [0.15, 0.2) is 0 Å². The van der Waals surface area contributed by atoms with E-state index in [4.69, 9.17) is 4.74 Å².